The molecule has 2 N–H and O–H groups in total. The fraction of sp³-hybridized carbons (Fsp3) is 0.462. The predicted molar refractivity (Wildman–Crippen MR) is 74.7 cm³/mol. The summed E-state index contributed by atoms with van der Waals surface area (Å²) in [6.45, 7) is 3.88. The number of anilines is 1. The Morgan fingerprint density at radius 3 is 2.63 bits per heavy atom. The van der Waals surface area contributed by atoms with Crippen LogP contribution in [0.2, 0.25) is 0 Å². The van der Waals surface area contributed by atoms with Crippen LogP contribution >= 0.6 is 0 Å². The molecule has 1 heterocycles. The largest absolute Gasteiger partial charge is 0.399 e. The molecule has 1 amide bonds. The van der Waals surface area contributed by atoms with Crippen LogP contribution in [0.3, 0.4) is 0 Å². The summed E-state index contributed by atoms with van der Waals surface area (Å²) in [6, 6.07) is 4.90. The first kappa shape index (κ1) is 13.9. The maximum atomic E-state index is 12.4. The van der Waals surface area contributed by atoms with E-state index in [4.69, 9.17) is 5.73 Å². The molecule has 1 aliphatic heterocycles. The van der Waals surface area contributed by atoms with E-state index in [0.29, 0.717) is 11.3 Å². The van der Waals surface area contributed by atoms with Gasteiger partial charge in [0.05, 0.1) is 11.5 Å². The van der Waals surface area contributed by atoms with Crippen LogP contribution in [0.4, 0.5) is 5.69 Å². The number of rotatable bonds is 1. The summed E-state index contributed by atoms with van der Waals surface area (Å²) in [7, 11) is -3.02. The fourth-order valence-corrected chi connectivity index (χ4v) is 3.96. The van der Waals surface area contributed by atoms with Crippen LogP contribution in [-0.4, -0.2) is 43.3 Å². The van der Waals surface area contributed by atoms with Gasteiger partial charge >= 0.3 is 0 Å². The van der Waals surface area contributed by atoms with Crippen molar-refractivity contribution in [3.05, 3.63) is 29.3 Å². The van der Waals surface area contributed by atoms with E-state index in [1.54, 1.807) is 30.0 Å². The number of aryl methyl sites for hydroxylation is 1. The summed E-state index contributed by atoms with van der Waals surface area (Å²) in [5, 5.41) is 0. The summed E-state index contributed by atoms with van der Waals surface area (Å²) >= 11 is 0. The highest BCUT2D eigenvalue weighted by Crippen LogP contribution is 2.18. The molecule has 1 unspecified atom stereocenters. The van der Waals surface area contributed by atoms with Gasteiger partial charge in [0.15, 0.2) is 9.84 Å². The molecule has 104 valence electrons. The van der Waals surface area contributed by atoms with Crippen LogP contribution in [0.15, 0.2) is 18.2 Å². The first-order valence-electron chi connectivity index (χ1n) is 6.17. The lowest BCUT2D eigenvalue weighted by Crippen LogP contribution is -2.49. The van der Waals surface area contributed by atoms with Gasteiger partial charge in [0, 0.05) is 23.8 Å². The highest BCUT2D eigenvalue weighted by molar-refractivity contribution is 7.91. The van der Waals surface area contributed by atoms with Crippen LogP contribution in [0.5, 0.6) is 0 Å². The molecule has 1 aliphatic rings. The lowest BCUT2D eigenvalue weighted by molar-refractivity contribution is 0.0712. The standard InChI is InChI=1S/C13H18N2O3S/c1-9-5-11(7-12(14)6-9)13(16)15-3-4-19(17,18)8-10(15)2/h5-7,10H,3-4,8,14H2,1-2H3. The van der Waals surface area contributed by atoms with Gasteiger partial charge in [-0.2, -0.15) is 0 Å². The van der Waals surface area contributed by atoms with Crippen molar-refractivity contribution in [2.24, 2.45) is 0 Å². The molecular formula is C13H18N2O3S. The number of carbonyl (C=O) groups excluding carboxylic acids is 1. The second-order valence-electron chi connectivity index (χ2n) is 5.09. The number of benzene rings is 1. The molecule has 6 heteroatoms. The van der Waals surface area contributed by atoms with Crippen LogP contribution in [-0.2, 0) is 9.84 Å². The van der Waals surface area contributed by atoms with Crippen molar-refractivity contribution in [2.45, 2.75) is 19.9 Å². The Balaban J connectivity index is 2.25. The number of sulfone groups is 1. The zero-order valence-electron chi connectivity index (χ0n) is 11.1. The SMILES string of the molecule is Cc1cc(N)cc(C(=O)N2CCS(=O)(=O)CC2C)c1. The maximum absolute atomic E-state index is 12.4. The van der Waals surface area contributed by atoms with Gasteiger partial charge < -0.3 is 10.6 Å². The molecule has 1 atom stereocenters. The molecule has 0 bridgehead atoms. The van der Waals surface area contributed by atoms with Crippen molar-refractivity contribution < 1.29 is 13.2 Å². The second kappa shape index (κ2) is 4.85. The Labute approximate surface area is 113 Å². The van der Waals surface area contributed by atoms with Crippen molar-refractivity contribution in [3.8, 4) is 0 Å². The van der Waals surface area contributed by atoms with E-state index < -0.39 is 9.84 Å². The van der Waals surface area contributed by atoms with E-state index >= 15 is 0 Å². The molecule has 0 saturated carbocycles. The molecule has 1 aromatic carbocycles. The van der Waals surface area contributed by atoms with Gasteiger partial charge in [-0.3, -0.25) is 4.79 Å². The first-order chi connectivity index (χ1) is 8.78. The van der Waals surface area contributed by atoms with E-state index in [-0.39, 0.29) is 30.0 Å². The Hall–Kier alpha value is -1.56. The maximum Gasteiger partial charge on any atom is 0.254 e. The Morgan fingerprint density at radius 2 is 2.05 bits per heavy atom. The lowest BCUT2D eigenvalue weighted by Gasteiger charge is -2.33. The van der Waals surface area contributed by atoms with Gasteiger partial charge in [0.2, 0.25) is 0 Å². The van der Waals surface area contributed by atoms with Gasteiger partial charge in [-0.15, -0.1) is 0 Å². The van der Waals surface area contributed by atoms with Gasteiger partial charge in [-0.05, 0) is 37.6 Å². The van der Waals surface area contributed by atoms with Crippen LogP contribution < -0.4 is 5.73 Å². The lowest BCUT2D eigenvalue weighted by atomic mass is 10.1. The minimum Gasteiger partial charge on any atom is -0.399 e. The molecule has 0 aliphatic carbocycles. The molecule has 5 nitrogen and oxygen atoms in total. The van der Waals surface area contributed by atoms with Crippen molar-refractivity contribution in [3.63, 3.8) is 0 Å². The quantitative estimate of drug-likeness (QED) is 0.774. The molecule has 1 aromatic rings. The normalized spacial score (nSPS) is 22.2. The molecule has 0 spiro atoms. The molecule has 0 aromatic heterocycles. The van der Waals surface area contributed by atoms with Crippen LogP contribution in [0.1, 0.15) is 22.8 Å². The molecular weight excluding hydrogens is 264 g/mol. The molecule has 1 saturated heterocycles. The topological polar surface area (TPSA) is 80.5 Å². The monoisotopic (exact) mass is 282 g/mol. The van der Waals surface area contributed by atoms with E-state index in [1.807, 2.05) is 6.92 Å². The summed E-state index contributed by atoms with van der Waals surface area (Å²) in [5.41, 5.74) is 7.71. The van der Waals surface area contributed by atoms with Gasteiger partial charge in [0.1, 0.15) is 0 Å². The number of nitrogens with zero attached hydrogens (tertiary/aromatic N) is 1. The highest BCUT2D eigenvalue weighted by Gasteiger charge is 2.31. The zero-order chi connectivity index (χ0) is 14.2. The fourth-order valence-electron chi connectivity index (χ4n) is 2.40. The summed E-state index contributed by atoms with van der Waals surface area (Å²) < 4.78 is 23.0. The third kappa shape index (κ3) is 3.07. The van der Waals surface area contributed by atoms with E-state index in [9.17, 15) is 13.2 Å². The average Bonchev–Trinajstić information content (AvgIpc) is 2.25. The number of hydrogen-bond acceptors (Lipinski definition) is 4. The number of nitrogen functional groups attached to an aromatic ring is 1. The third-order valence-corrected chi connectivity index (χ3v) is 5.07. The third-order valence-electron chi connectivity index (χ3n) is 3.28. The van der Waals surface area contributed by atoms with Gasteiger partial charge in [0.25, 0.3) is 5.91 Å². The highest BCUT2D eigenvalue weighted by atomic mass is 32.2. The summed E-state index contributed by atoms with van der Waals surface area (Å²) in [6.07, 6.45) is 0. The van der Waals surface area contributed by atoms with E-state index in [2.05, 4.69) is 0 Å². The van der Waals surface area contributed by atoms with Gasteiger partial charge in [-0.1, -0.05) is 0 Å². The number of amides is 1. The predicted octanol–water partition coefficient (Wildman–Crippen LogP) is 0.836. The number of nitrogens with two attached hydrogens (primary N) is 1. The molecule has 0 radical (unpaired) electrons. The van der Waals surface area contributed by atoms with Crippen LogP contribution in [0.25, 0.3) is 0 Å². The molecule has 19 heavy (non-hydrogen) atoms. The minimum absolute atomic E-state index is 0.0278. The average molecular weight is 282 g/mol. The molecule has 1 fully saturated rings. The smallest absolute Gasteiger partial charge is 0.254 e. The Kier molecular flexibility index (Phi) is 3.54. The minimum atomic E-state index is -3.02. The van der Waals surface area contributed by atoms with Crippen LogP contribution in [0, 0.1) is 6.92 Å². The van der Waals surface area contributed by atoms with Crippen molar-refractivity contribution in [2.75, 3.05) is 23.8 Å². The number of carbonyl (C=O) groups is 1. The van der Waals surface area contributed by atoms with Gasteiger partial charge in [-0.25, -0.2) is 8.42 Å². The number of hydrogen-bond donors (Lipinski definition) is 1. The zero-order valence-corrected chi connectivity index (χ0v) is 11.9. The Bertz CT molecular complexity index is 590. The van der Waals surface area contributed by atoms with Crippen molar-refractivity contribution in [1.29, 1.82) is 0 Å². The molecule has 2 rings (SSSR count). The summed E-state index contributed by atoms with van der Waals surface area (Å²) in [4.78, 5) is 14.0. The van der Waals surface area contributed by atoms with Crippen molar-refractivity contribution in [1.82, 2.24) is 4.90 Å². The summed E-state index contributed by atoms with van der Waals surface area (Å²) in [5.74, 6) is -0.0949. The first-order valence-corrected chi connectivity index (χ1v) is 7.99. The van der Waals surface area contributed by atoms with E-state index in [1.165, 1.54) is 0 Å². The van der Waals surface area contributed by atoms with E-state index in [0.717, 1.165) is 5.56 Å². The van der Waals surface area contributed by atoms with Crippen molar-refractivity contribution >= 4 is 21.4 Å². The Morgan fingerprint density at radius 1 is 1.37 bits per heavy atom. The second-order valence-corrected chi connectivity index (χ2v) is 7.32.